The van der Waals surface area contributed by atoms with Crippen molar-refractivity contribution < 1.29 is 28.6 Å². The molecule has 200 valence electrons. The maximum absolute atomic E-state index is 15.5. The van der Waals surface area contributed by atoms with E-state index in [4.69, 9.17) is 9.47 Å². The van der Waals surface area contributed by atoms with Crippen LogP contribution < -0.4 is 9.64 Å². The molecule has 3 aromatic rings. The van der Waals surface area contributed by atoms with E-state index < -0.39 is 17.0 Å². The molecule has 2 aromatic heterocycles. The fraction of sp³-hybridized carbons (Fsp3) is 0.429. The Hall–Kier alpha value is -3.37. The van der Waals surface area contributed by atoms with E-state index in [2.05, 4.69) is 9.97 Å². The predicted molar refractivity (Wildman–Crippen MR) is 142 cm³/mol. The molecule has 5 rings (SSSR count). The van der Waals surface area contributed by atoms with Crippen LogP contribution in [0, 0.1) is 17.0 Å². The summed E-state index contributed by atoms with van der Waals surface area (Å²) in [6.07, 6.45) is 5.06. The van der Waals surface area contributed by atoms with Crippen LogP contribution in [-0.2, 0) is 14.3 Å². The lowest BCUT2D eigenvalue weighted by Crippen LogP contribution is -2.40. The number of carboxylic acid groups (broad SMARTS) is 1. The van der Waals surface area contributed by atoms with E-state index in [0.29, 0.717) is 31.1 Å². The molecule has 1 atom stereocenters. The second-order valence-corrected chi connectivity index (χ2v) is 10.7. The highest BCUT2D eigenvalue weighted by Crippen LogP contribution is 2.41. The van der Waals surface area contributed by atoms with Gasteiger partial charge in [-0.05, 0) is 49.7 Å². The lowest BCUT2D eigenvalue weighted by atomic mass is 9.86. The van der Waals surface area contributed by atoms with Crippen molar-refractivity contribution in [1.82, 2.24) is 9.97 Å². The van der Waals surface area contributed by atoms with E-state index >= 15 is 4.39 Å². The zero-order chi connectivity index (χ0) is 26.6. The minimum absolute atomic E-state index is 0.0899. The van der Waals surface area contributed by atoms with Gasteiger partial charge < -0.3 is 14.6 Å². The first-order valence-electron chi connectivity index (χ1n) is 12.8. The maximum atomic E-state index is 15.5. The number of ether oxygens (including phenoxy) is 2. The van der Waals surface area contributed by atoms with Crippen LogP contribution in [-0.4, -0.2) is 53.3 Å². The van der Waals surface area contributed by atoms with Crippen LogP contribution in [0.3, 0.4) is 0 Å². The third-order valence-electron chi connectivity index (χ3n) is 7.10. The molecule has 10 heteroatoms. The Morgan fingerprint density at radius 2 is 1.89 bits per heavy atom. The number of carboxylic acids is 1. The third-order valence-corrected chi connectivity index (χ3v) is 7.94. The zero-order valence-electron chi connectivity index (χ0n) is 21.1. The van der Waals surface area contributed by atoms with Gasteiger partial charge in [0.2, 0.25) is 16.9 Å². The number of anilines is 1. The van der Waals surface area contributed by atoms with Crippen molar-refractivity contribution in [2.45, 2.75) is 44.6 Å². The van der Waals surface area contributed by atoms with Gasteiger partial charge in [-0.3, -0.25) is 14.5 Å². The lowest BCUT2D eigenvalue weighted by Gasteiger charge is -2.29. The van der Waals surface area contributed by atoms with Crippen molar-refractivity contribution in [2.24, 2.45) is 11.8 Å². The van der Waals surface area contributed by atoms with Crippen molar-refractivity contribution in [2.75, 3.05) is 25.2 Å². The lowest BCUT2D eigenvalue weighted by molar-refractivity contribution is -0.141. The molecular formula is C28H30FN3O5S. The normalized spacial score (nSPS) is 16.7. The fourth-order valence-electron chi connectivity index (χ4n) is 4.99. The van der Waals surface area contributed by atoms with E-state index in [1.165, 1.54) is 0 Å². The molecule has 0 bridgehead atoms. The number of aliphatic carboxylic acids is 1. The molecule has 38 heavy (non-hydrogen) atoms. The van der Waals surface area contributed by atoms with E-state index in [0.717, 1.165) is 48.1 Å². The van der Waals surface area contributed by atoms with Gasteiger partial charge in [-0.25, -0.2) is 9.97 Å². The summed E-state index contributed by atoms with van der Waals surface area (Å²) in [7, 11) is 1.54. The smallest absolute Gasteiger partial charge is 0.304 e. The maximum Gasteiger partial charge on any atom is 0.304 e. The largest absolute Gasteiger partial charge is 0.481 e. The van der Waals surface area contributed by atoms with Crippen LogP contribution >= 0.6 is 11.3 Å². The summed E-state index contributed by atoms with van der Waals surface area (Å²) in [4.78, 5) is 35.9. The molecule has 0 radical (unpaired) electrons. The quantitative estimate of drug-likeness (QED) is 0.367. The Morgan fingerprint density at radius 1 is 1.16 bits per heavy atom. The SMILES string of the molecule is COc1ccc(-c2ccccc2-c2nc(N(C(=O)[C@@H](CC(=O)O)CC3CCOCC3)C3CC3)sc2F)cn1. The number of pyridine rings is 1. The second kappa shape index (κ2) is 11.6. The van der Waals surface area contributed by atoms with Crippen LogP contribution in [0.5, 0.6) is 5.88 Å². The highest BCUT2D eigenvalue weighted by atomic mass is 32.1. The number of rotatable bonds is 10. The summed E-state index contributed by atoms with van der Waals surface area (Å²) in [5, 5.41) is 9.34. The van der Waals surface area contributed by atoms with E-state index in [-0.39, 0.29) is 35.1 Å². The zero-order valence-corrected chi connectivity index (χ0v) is 22.0. The standard InChI is InChI=1S/C28H30FN3O5S/c1-36-23-9-6-18(16-30-23)21-4-2-3-5-22(21)25-26(29)38-28(31-25)32(20-7-8-20)27(35)19(15-24(33)34)14-17-10-12-37-13-11-17/h2-6,9,16-17,19-20H,7-8,10-15H2,1H3,(H,33,34)/t19-/m1/s1. The van der Waals surface area contributed by atoms with Crippen molar-refractivity contribution in [3.8, 4) is 28.3 Å². The van der Waals surface area contributed by atoms with Gasteiger partial charge >= 0.3 is 5.97 Å². The summed E-state index contributed by atoms with van der Waals surface area (Å²) in [5.74, 6) is -1.28. The number of benzene rings is 1. The molecule has 1 aliphatic carbocycles. The van der Waals surface area contributed by atoms with Crippen molar-refractivity contribution in [3.63, 3.8) is 0 Å². The minimum atomic E-state index is -1.01. The third kappa shape index (κ3) is 5.86. The minimum Gasteiger partial charge on any atom is -0.481 e. The van der Waals surface area contributed by atoms with Gasteiger partial charge in [0, 0.05) is 48.6 Å². The average Bonchev–Trinajstić information content (AvgIpc) is 3.69. The molecule has 1 saturated carbocycles. The Balaban J connectivity index is 1.46. The second-order valence-electron chi connectivity index (χ2n) is 9.78. The average molecular weight is 540 g/mol. The van der Waals surface area contributed by atoms with Gasteiger partial charge in [0.15, 0.2) is 5.13 Å². The van der Waals surface area contributed by atoms with Gasteiger partial charge in [-0.15, -0.1) is 0 Å². The molecule has 2 aliphatic rings. The summed E-state index contributed by atoms with van der Waals surface area (Å²) < 4.78 is 26.1. The Bertz CT molecular complexity index is 1290. The first-order valence-corrected chi connectivity index (χ1v) is 13.6. The molecule has 3 heterocycles. The summed E-state index contributed by atoms with van der Waals surface area (Å²) in [6, 6.07) is 10.8. The van der Waals surface area contributed by atoms with E-state index in [9.17, 15) is 14.7 Å². The highest BCUT2D eigenvalue weighted by Gasteiger charge is 2.40. The number of hydrogen-bond acceptors (Lipinski definition) is 7. The number of carbonyl (C=O) groups is 2. The summed E-state index contributed by atoms with van der Waals surface area (Å²) in [6.45, 7) is 1.24. The molecule has 2 fully saturated rings. The van der Waals surface area contributed by atoms with Crippen LogP contribution in [0.4, 0.5) is 9.52 Å². The Kier molecular flexibility index (Phi) is 7.99. The van der Waals surface area contributed by atoms with Gasteiger partial charge in [0.05, 0.1) is 13.5 Å². The van der Waals surface area contributed by atoms with Crippen molar-refractivity contribution in [3.05, 3.63) is 47.7 Å². The van der Waals surface area contributed by atoms with Crippen LogP contribution in [0.2, 0.25) is 0 Å². The molecule has 1 amide bonds. The molecule has 1 saturated heterocycles. The van der Waals surface area contributed by atoms with Gasteiger partial charge in [-0.2, -0.15) is 4.39 Å². The first-order chi connectivity index (χ1) is 18.4. The monoisotopic (exact) mass is 539 g/mol. The number of amides is 1. The topological polar surface area (TPSA) is 102 Å². The van der Waals surface area contributed by atoms with Gasteiger partial charge in [0.25, 0.3) is 0 Å². The van der Waals surface area contributed by atoms with Crippen molar-refractivity contribution in [1.29, 1.82) is 0 Å². The molecular weight excluding hydrogens is 509 g/mol. The number of halogens is 1. The van der Waals surface area contributed by atoms with E-state index in [1.807, 2.05) is 24.3 Å². The van der Waals surface area contributed by atoms with Crippen LogP contribution in [0.1, 0.15) is 38.5 Å². The summed E-state index contributed by atoms with van der Waals surface area (Å²) >= 11 is 0.831. The molecule has 0 unspecified atom stereocenters. The summed E-state index contributed by atoms with van der Waals surface area (Å²) in [5.41, 5.74) is 2.29. The van der Waals surface area contributed by atoms with E-state index in [1.54, 1.807) is 30.3 Å². The number of methoxy groups -OCH3 is 1. The Labute approximate surface area is 224 Å². The molecule has 1 aromatic carbocycles. The first kappa shape index (κ1) is 26.2. The van der Waals surface area contributed by atoms with Crippen LogP contribution in [0.25, 0.3) is 22.4 Å². The molecule has 0 spiro atoms. The number of thiazole rings is 1. The number of hydrogen-bond donors (Lipinski definition) is 1. The molecule has 1 N–H and O–H groups in total. The number of carbonyl (C=O) groups excluding carboxylic acids is 1. The van der Waals surface area contributed by atoms with Gasteiger partial charge in [-0.1, -0.05) is 35.6 Å². The number of aromatic nitrogens is 2. The van der Waals surface area contributed by atoms with Gasteiger partial charge in [0.1, 0.15) is 5.69 Å². The van der Waals surface area contributed by atoms with Crippen LogP contribution in [0.15, 0.2) is 42.6 Å². The highest BCUT2D eigenvalue weighted by molar-refractivity contribution is 7.14. The fourth-order valence-corrected chi connectivity index (χ4v) is 5.88. The molecule has 8 nitrogen and oxygen atoms in total. The molecule has 1 aliphatic heterocycles. The van der Waals surface area contributed by atoms with Crippen molar-refractivity contribution >= 4 is 28.3 Å². The predicted octanol–water partition coefficient (Wildman–Crippen LogP) is 5.42. The Morgan fingerprint density at radius 3 is 2.53 bits per heavy atom. The number of nitrogens with zero attached hydrogens (tertiary/aromatic N) is 3.